The van der Waals surface area contributed by atoms with Crippen LogP contribution in [0.25, 0.3) is 22.0 Å². The fraction of sp³-hybridized carbons (Fsp3) is 0.237. The fourth-order valence-corrected chi connectivity index (χ4v) is 6.39. The molecule has 4 aromatic carbocycles. The summed E-state index contributed by atoms with van der Waals surface area (Å²) < 4.78 is 2.22. The smallest absolute Gasteiger partial charge is 0.237 e. The van der Waals surface area contributed by atoms with Crippen LogP contribution in [0.5, 0.6) is 0 Å². The monoisotopic (exact) mass is 594 g/mol. The first kappa shape index (κ1) is 28.7. The first-order valence-electron chi connectivity index (χ1n) is 15.9. The van der Waals surface area contributed by atoms with Crippen molar-refractivity contribution in [3.63, 3.8) is 0 Å². The van der Waals surface area contributed by atoms with E-state index >= 15 is 0 Å². The highest BCUT2D eigenvalue weighted by Crippen LogP contribution is 2.27. The molecule has 1 aliphatic heterocycles. The van der Waals surface area contributed by atoms with Gasteiger partial charge in [0.25, 0.3) is 0 Å². The molecule has 1 aliphatic rings. The van der Waals surface area contributed by atoms with E-state index in [0.717, 1.165) is 65.9 Å². The van der Waals surface area contributed by atoms with Crippen LogP contribution in [0, 0.1) is 0 Å². The van der Waals surface area contributed by atoms with Gasteiger partial charge >= 0.3 is 0 Å². The lowest BCUT2D eigenvalue weighted by molar-refractivity contribution is -0.123. The molecule has 6 aromatic rings. The Labute approximate surface area is 263 Å². The molecule has 7 heteroatoms. The van der Waals surface area contributed by atoms with Gasteiger partial charge in [0.15, 0.2) is 5.82 Å². The van der Waals surface area contributed by atoms with E-state index in [1.165, 1.54) is 16.7 Å². The van der Waals surface area contributed by atoms with E-state index in [1.54, 1.807) is 0 Å². The van der Waals surface area contributed by atoms with Gasteiger partial charge in [-0.3, -0.25) is 4.79 Å². The summed E-state index contributed by atoms with van der Waals surface area (Å²) in [5, 5.41) is 17.4. The predicted octanol–water partition coefficient (Wildman–Crippen LogP) is 6.41. The van der Waals surface area contributed by atoms with Crippen molar-refractivity contribution >= 4 is 16.8 Å². The number of hydrogen-bond donors (Lipinski definition) is 3. The van der Waals surface area contributed by atoms with Crippen molar-refractivity contribution in [1.29, 1.82) is 0 Å². The molecule has 2 atom stereocenters. The molecule has 2 aromatic heterocycles. The van der Waals surface area contributed by atoms with Crippen LogP contribution in [0.3, 0.4) is 0 Å². The molecule has 1 saturated heterocycles. The number of rotatable bonds is 11. The Hall–Kier alpha value is -5.01. The molecule has 7 nitrogen and oxygen atoms in total. The van der Waals surface area contributed by atoms with E-state index in [-0.39, 0.29) is 18.0 Å². The lowest BCUT2D eigenvalue weighted by Gasteiger charge is -2.22. The zero-order valence-electron chi connectivity index (χ0n) is 25.3. The third kappa shape index (κ3) is 6.59. The zero-order valence-corrected chi connectivity index (χ0v) is 25.3. The Morgan fingerprint density at radius 1 is 0.822 bits per heavy atom. The van der Waals surface area contributed by atoms with Crippen LogP contribution < -0.4 is 10.6 Å². The van der Waals surface area contributed by atoms with Crippen molar-refractivity contribution in [1.82, 2.24) is 30.4 Å². The van der Waals surface area contributed by atoms with Crippen molar-refractivity contribution in [3.8, 4) is 11.1 Å². The number of para-hydroxylation sites is 1. The Balaban J connectivity index is 1.24. The van der Waals surface area contributed by atoms with Gasteiger partial charge in [0.05, 0.1) is 18.6 Å². The van der Waals surface area contributed by atoms with Gasteiger partial charge in [0.2, 0.25) is 5.91 Å². The number of H-pyrrole nitrogens is 1. The molecule has 0 saturated carbocycles. The van der Waals surface area contributed by atoms with Gasteiger partial charge in [-0.25, -0.2) is 0 Å². The highest BCUT2D eigenvalue weighted by Gasteiger charge is 2.29. The minimum absolute atomic E-state index is 0.0185. The van der Waals surface area contributed by atoms with E-state index in [2.05, 4.69) is 117 Å². The molecule has 3 heterocycles. The van der Waals surface area contributed by atoms with E-state index in [0.29, 0.717) is 13.0 Å². The summed E-state index contributed by atoms with van der Waals surface area (Å²) >= 11 is 0. The zero-order chi connectivity index (χ0) is 30.4. The van der Waals surface area contributed by atoms with E-state index < -0.39 is 0 Å². The molecule has 1 fully saturated rings. The molecule has 226 valence electrons. The lowest BCUT2D eigenvalue weighted by Crippen LogP contribution is -2.43. The van der Waals surface area contributed by atoms with Crippen LogP contribution in [0.15, 0.2) is 115 Å². The number of carbonyl (C=O) groups excluding carboxylic acids is 1. The molecule has 1 amide bonds. The number of nitrogens with one attached hydrogen (secondary N) is 3. The summed E-state index contributed by atoms with van der Waals surface area (Å²) in [4.78, 5) is 16.9. The van der Waals surface area contributed by atoms with Gasteiger partial charge in [-0.15, -0.1) is 10.2 Å². The summed E-state index contributed by atoms with van der Waals surface area (Å²) in [5.41, 5.74) is 7.02. The van der Waals surface area contributed by atoms with E-state index in [1.807, 2.05) is 18.2 Å². The predicted molar refractivity (Wildman–Crippen MR) is 179 cm³/mol. The van der Waals surface area contributed by atoms with Crippen molar-refractivity contribution in [2.45, 2.75) is 50.7 Å². The van der Waals surface area contributed by atoms with Gasteiger partial charge < -0.3 is 20.2 Å². The minimum atomic E-state index is -0.347. The number of carbonyl (C=O) groups is 1. The number of aryl methyl sites for hydroxylation is 2. The van der Waals surface area contributed by atoms with Gasteiger partial charge in [-0.2, -0.15) is 0 Å². The maximum Gasteiger partial charge on any atom is 0.237 e. The van der Waals surface area contributed by atoms with Crippen molar-refractivity contribution < 1.29 is 4.79 Å². The third-order valence-corrected chi connectivity index (χ3v) is 8.84. The molecule has 0 radical (unpaired) electrons. The lowest BCUT2D eigenvalue weighted by atomic mass is 10.0. The van der Waals surface area contributed by atoms with Crippen LogP contribution in [0.1, 0.15) is 47.2 Å². The maximum atomic E-state index is 13.5. The summed E-state index contributed by atoms with van der Waals surface area (Å²) in [6, 6.07) is 37.4. The average Bonchev–Trinajstić information content (AvgIpc) is 3.86. The average molecular weight is 595 g/mol. The van der Waals surface area contributed by atoms with Crippen LogP contribution in [-0.2, 0) is 30.6 Å². The number of fused-ring (bicyclic) bond motifs is 1. The van der Waals surface area contributed by atoms with Crippen LogP contribution in [0.2, 0.25) is 0 Å². The molecule has 0 spiro atoms. The second kappa shape index (κ2) is 13.3. The minimum Gasteiger partial charge on any atom is -0.361 e. The van der Waals surface area contributed by atoms with Crippen LogP contribution in [0.4, 0.5) is 0 Å². The number of aromatic amines is 1. The van der Waals surface area contributed by atoms with Gasteiger partial charge in [0, 0.05) is 29.9 Å². The second-order valence-corrected chi connectivity index (χ2v) is 11.9. The summed E-state index contributed by atoms with van der Waals surface area (Å²) in [6.07, 6.45) is 6.11. The fourth-order valence-electron chi connectivity index (χ4n) is 6.39. The first-order valence-corrected chi connectivity index (χ1v) is 15.9. The van der Waals surface area contributed by atoms with Gasteiger partial charge in [-0.05, 0) is 59.7 Å². The summed E-state index contributed by atoms with van der Waals surface area (Å²) in [7, 11) is 0. The highest BCUT2D eigenvalue weighted by molar-refractivity contribution is 5.84. The standard InChI is InChI=1S/C38H38N6O/c45-38(34-16-9-23-39-34)41-35(24-31-25-40-33-15-8-7-14-32(31)33)37-43-42-36(22-19-27-10-3-1-4-11-27)44(37)26-28-17-20-30(21-18-28)29-12-5-2-6-13-29/h1-8,10-15,17-18,20-21,25,34-35,39-40H,9,16,19,22-24,26H2,(H,41,45). The molecule has 3 N–H and O–H groups in total. The number of benzene rings is 4. The first-order chi connectivity index (χ1) is 22.2. The molecule has 45 heavy (non-hydrogen) atoms. The Bertz CT molecular complexity index is 1850. The Morgan fingerprint density at radius 3 is 2.33 bits per heavy atom. The molecule has 7 rings (SSSR count). The molecular weight excluding hydrogens is 556 g/mol. The van der Waals surface area contributed by atoms with E-state index in [4.69, 9.17) is 10.2 Å². The van der Waals surface area contributed by atoms with Crippen molar-refractivity contribution in [3.05, 3.63) is 144 Å². The number of amides is 1. The Morgan fingerprint density at radius 2 is 1.56 bits per heavy atom. The molecule has 0 bridgehead atoms. The maximum absolute atomic E-state index is 13.5. The van der Waals surface area contributed by atoms with Crippen LogP contribution in [-0.4, -0.2) is 38.2 Å². The topological polar surface area (TPSA) is 87.6 Å². The highest BCUT2D eigenvalue weighted by atomic mass is 16.2. The van der Waals surface area contributed by atoms with Crippen LogP contribution >= 0.6 is 0 Å². The van der Waals surface area contributed by atoms with Crippen molar-refractivity contribution in [2.24, 2.45) is 0 Å². The number of nitrogens with zero attached hydrogens (tertiary/aromatic N) is 3. The second-order valence-electron chi connectivity index (χ2n) is 11.9. The molecule has 0 aliphatic carbocycles. The van der Waals surface area contributed by atoms with Crippen molar-refractivity contribution in [2.75, 3.05) is 6.54 Å². The van der Waals surface area contributed by atoms with E-state index in [9.17, 15) is 4.79 Å². The Kier molecular flexibility index (Phi) is 8.51. The SMILES string of the molecule is O=C(NC(Cc1c[nH]c2ccccc12)c1nnc(CCc2ccccc2)n1Cc1ccc(-c2ccccc2)cc1)C1CCCN1. The third-order valence-electron chi connectivity index (χ3n) is 8.84. The van der Waals surface area contributed by atoms with Gasteiger partial charge in [0.1, 0.15) is 5.82 Å². The summed E-state index contributed by atoms with van der Waals surface area (Å²) in [6.45, 7) is 1.48. The largest absolute Gasteiger partial charge is 0.361 e. The summed E-state index contributed by atoms with van der Waals surface area (Å²) in [5.74, 6) is 1.71. The quantitative estimate of drug-likeness (QED) is 0.162. The van der Waals surface area contributed by atoms with Gasteiger partial charge in [-0.1, -0.05) is 103 Å². The number of hydrogen-bond acceptors (Lipinski definition) is 4. The normalized spacial score (nSPS) is 15.3. The molecule has 2 unspecified atom stereocenters. The molecular formula is C38H38N6O. The number of aromatic nitrogens is 4.